The smallest absolute Gasteiger partial charge is 0.253 e. The van der Waals surface area contributed by atoms with Crippen LogP contribution >= 0.6 is 23.4 Å². The number of ether oxygens (including phenoxy) is 1. The Kier molecular flexibility index (Phi) is 6.64. The molecular weight excluding hydrogens is 436 g/mol. The highest BCUT2D eigenvalue weighted by molar-refractivity contribution is 7.98. The van der Waals surface area contributed by atoms with E-state index in [9.17, 15) is 4.79 Å². The van der Waals surface area contributed by atoms with Crippen molar-refractivity contribution in [3.8, 4) is 0 Å². The van der Waals surface area contributed by atoms with Gasteiger partial charge < -0.3 is 15.0 Å². The summed E-state index contributed by atoms with van der Waals surface area (Å²) in [6.45, 7) is 6.84. The summed E-state index contributed by atoms with van der Waals surface area (Å²) < 4.78 is 7.19. The molecule has 4 rings (SSSR count). The second-order valence-corrected chi connectivity index (χ2v) is 8.59. The molecule has 2 aromatic heterocycles. The van der Waals surface area contributed by atoms with Crippen molar-refractivity contribution in [2.45, 2.75) is 31.8 Å². The Bertz CT molecular complexity index is 1110. The molecule has 0 atom stereocenters. The number of nitrogens with one attached hydrogen (secondary N) is 1. The molecule has 10 heteroatoms. The standard InChI is InChI=1S/C21H25ClN6O2S/c1-13-16(14(2)28-20(23-13)25-21(26-28)31-3)5-7-19(29)24-17-12-15(22)4-6-18(17)27-8-10-30-11-9-27/h4,6,12H,5,7-11H2,1-3H3,(H,24,29). The summed E-state index contributed by atoms with van der Waals surface area (Å²) in [5, 5.41) is 8.79. The zero-order chi connectivity index (χ0) is 22.0. The zero-order valence-electron chi connectivity index (χ0n) is 17.8. The maximum absolute atomic E-state index is 12.8. The number of anilines is 2. The van der Waals surface area contributed by atoms with E-state index in [4.69, 9.17) is 16.3 Å². The summed E-state index contributed by atoms with van der Waals surface area (Å²) in [6.07, 6.45) is 2.82. The fraction of sp³-hybridized carbons (Fsp3) is 0.429. The molecule has 8 nitrogen and oxygen atoms in total. The van der Waals surface area contributed by atoms with Gasteiger partial charge in [0.25, 0.3) is 5.78 Å². The molecule has 3 heterocycles. The first-order valence-corrected chi connectivity index (χ1v) is 11.8. The molecule has 31 heavy (non-hydrogen) atoms. The summed E-state index contributed by atoms with van der Waals surface area (Å²) >= 11 is 7.68. The van der Waals surface area contributed by atoms with E-state index in [1.165, 1.54) is 11.8 Å². The summed E-state index contributed by atoms with van der Waals surface area (Å²) in [7, 11) is 0. The topological polar surface area (TPSA) is 84.7 Å². The fourth-order valence-corrected chi connectivity index (χ4v) is 4.29. The number of hydrogen-bond acceptors (Lipinski definition) is 7. The molecule has 1 aromatic carbocycles. The van der Waals surface area contributed by atoms with Gasteiger partial charge in [-0.2, -0.15) is 4.98 Å². The van der Waals surface area contributed by atoms with Crippen LogP contribution in [0.4, 0.5) is 11.4 Å². The summed E-state index contributed by atoms with van der Waals surface area (Å²) in [4.78, 5) is 24.0. The van der Waals surface area contributed by atoms with Gasteiger partial charge in [-0.1, -0.05) is 23.4 Å². The van der Waals surface area contributed by atoms with E-state index in [2.05, 4.69) is 25.3 Å². The number of carbonyl (C=O) groups excluding carboxylic acids is 1. The molecule has 1 aliphatic rings. The van der Waals surface area contributed by atoms with Gasteiger partial charge in [-0.15, -0.1) is 5.10 Å². The molecule has 0 spiro atoms. The Hall–Kier alpha value is -2.36. The number of aromatic nitrogens is 4. The monoisotopic (exact) mass is 460 g/mol. The van der Waals surface area contributed by atoms with Gasteiger partial charge in [0.2, 0.25) is 11.1 Å². The second kappa shape index (κ2) is 9.42. The highest BCUT2D eigenvalue weighted by Crippen LogP contribution is 2.30. The number of thioether (sulfide) groups is 1. The van der Waals surface area contributed by atoms with Crippen LogP contribution in [0.5, 0.6) is 0 Å². The van der Waals surface area contributed by atoms with Crippen molar-refractivity contribution in [3.05, 3.63) is 40.2 Å². The number of aryl methyl sites for hydroxylation is 2. The van der Waals surface area contributed by atoms with E-state index in [1.807, 2.05) is 32.2 Å². The van der Waals surface area contributed by atoms with Crippen molar-refractivity contribution in [1.29, 1.82) is 0 Å². The lowest BCUT2D eigenvalue weighted by Gasteiger charge is -2.30. The molecule has 3 aromatic rings. The third kappa shape index (κ3) is 4.78. The van der Waals surface area contributed by atoms with E-state index in [-0.39, 0.29) is 5.91 Å². The number of halogens is 1. The van der Waals surface area contributed by atoms with Crippen LogP contribution in [0.3, 0.4) is 0 Å². The third-order valence-corrected chi connectivity index (χ3v) is 6.17. The fourth-order valence-electron chi connectivity index (χ4n) is 3.78. The van der Waals surface area contributed by atoms with Crippen molar-refractivity contribution in [1.82, 2.24) is 19.6 Å². The van der Waals surface area contributed by atoms with Crippen LogP contribution in [0.15, 0.2) is 23.4 Å². The molecule has 1 N–H and O–H groups in total. The SMILES string of the molecule is CSc1nc2nc(C)c(CCC(=O)Nc3cc(Cl)ccc3N3CCOCC3)c(C)n2n1. The lowest BCUT2D eigenvalue weighted by Crippen LogP contribution is -2.36. The minimum atomic E-state index is -0.0703. The van der Waals surface area contributed by atoms with Crippen LogP contribution in [0.1, 0.15) is 23.4 Å². The van der Waals surface area contributed by atoms with Crippen molar-refractivity contribution in [2.24, 2.45) is 0 Å². The van der Waals surface area contributed by atoms with Crippen LogP contribution in [-0.2, 0) is 16.0 Å². The van der Waals surface area contributed by atoms with E-state index in [0.717, 1.165) is 41.4 Å². The average Bonchev–Trinajstić information content (AvgIpc) is 3.17. The molecule has 0 aliphatic carbocycles. The minimum Gasteiger partial charge on any atom is -0.378 e. The molecule has 1 saturated heterocycles. The van der Waals surface area contributed by atoms with Crippen molar-refractivity contribution < 1.29 is 9.53 Å². The van der Waals surface area contributed by atoms with Crippen LogP contribution < -0.4 is 10.2 Å². The molecule has 0 saturated carbocycles. The summed E-state index contributed by atoms with van der Waals surface area (Å²) in [5.74, 6) is 0.515. The molecule has 1 amide bonds. The lowest BCUT2D eigenvalue weighted by molar-refractivity contribution is -0.116. The number of carbonyl (C=O) groups is 1. The molecular formula is C21H25ClN6O2S. The van der Waals surface area contributed by atoms with E-state index in [0.29, 0.717) is 42.0 Å². The molecule has 164 valence electrons. The highest BCUT2D eigenvalue weighted by Gasteiger charge is 2.18. The largest absolute Gasteiger partial charge is 0.378 e. The molecule has 0 bridgehead atoms. The number of nitrogens with zero attached hydrogens (tertiary/aromatic N) is 5. The van der Waals surface area contributed by atoms with E-state index < -0.39 is 0 Å². The van der Waals surface area contributed by atoms with Crippen LogP contribution in [0.25, 0.3) is 5.78 Å². The van der Waals surface area contributed by atoms with Gasteiger partial charge in [0.05, 0.1) is 24.6 Å². The molecule has 0 unspecified atom stereocenters. The first-order chi connectivity index (χ1) is 15.0. The Labute approximate surface area is 190 Å². The van der Waals surface area contributed by atoms with Gasteiger partial charge >= 0.3 is 0 Å². The Morgan fingerprint density at radius 2 is 2.03 bits per heavy atom. The maximum atomic E-state index is 12.8. The average molecular weight is 461 g/mol. The van der Waals surface area contributed by atoms with E-state index >= 15 is 0 Å². The first kappa shape index (κ1) is 21.9. The van der Waals surface area contributed by atoms with Crippen LogP contribution in [0, 0.1) is 13.8 Å². The number of fused-ring (bicyclic) bond motifs is 1. The zero-order valence-corrected chi connectivity index (χ0v) is 19.4. The van der Waals surface area contributed by atoms with Gasteiger partial charge in [-0.3, -0.25) is 4.79 Å². The third-order valence-electron chi connectivity index (χ3n) is 5.40. The Morgan fingerprint density at radius 1 is 1.26 bits per heavy atom. The minimum absolute atomic E-state index is 0.0703. The van der Waals surface area contributed by atoms with E-state index in [1.54, 1.807) is 10.6 Å². The van der Waals surface area contributed by atoms with Gasteiger partial charge in [0, 0.05) is 35.9 Å². The highest BCUT2D eigenvalue weighted by atomic mass is 35.5. The lowest BCUT2D eigenvalue weighted by atomic mass is 10.1. The Balaban J connectivity index is 1.49. The van der Waals surface area contributed by atoms with Gasteiger partial charge in [-0.05, 0) is 50.3 Å². The number of rotatable bonds is 6. The summed E-state index contributed by atoms with van der Waals surface area (Å²) in [5.41, 5.74) is 4.53. The van der Waals surface area contributed by atoms with Crippen LogP contribution in [0.2, 0.25) is 5.02 Å². The van der Waals surface area contributed by atoms with Crippen molar-refractivity contribution in [3.63, 3.8) is 0 Å². The van der Waals surface area contributed by atoms with Gasteiger partial charge in [0.1, 0.15) is 0 Å². The predicted molar refractivity (Wildman–Crippen MR) is 123 cm³/mol. The predicted octanol–water partition coefficient (Wildman–Crippen LogP) is 3.52. The molecule has 1 aliphatic heterocycles. The number of amides is 1. The maximum Gasteiger partial charge on any atom is 0.253 e. The molecule has 1 fully saturated rings. The quantitative estimate of drug-likeness (QED) is 0.563. The normalized spacial score (nSPS) is 14.3. The molecule has 0 radical (unpaired) electrons. The first-order valence-electron chi connectivity index (χ1n) is 10.1. The van der Waals surface area contributed by atoms with Gasteiger partial charge in [-0.25, -0.2) is 9.50 Å². The number of hydrogen-bond donors (Lipinski definition) is 1. The van der Waals surface area contributed by atoms with Crippen molar-refractivity contribution in [2.75, 3.05) is 42.8 Å². The summed E-state index contributed by atoms with van der Waals surface area (Å²) in [6, 6.07) is 5.59. The Morgan fingerprint density at radius 3 is 2.77 bits per heavy atom. The number of benzene rings is 1. The van der Waals surface area contributed by atoms with Gasteiger partial charge in [0.15, 0.2) is 0 Å². The number of morpholine rings is 1. The van der Waals surface area contributed by atoms with Crippen LogP contribution in [-0.4, -0.2) is 58.0 Å². The second-order valence-electron chi connectivity index (χ2n) is 7.38. The van der Waals surface area contributed by atoms with Crippen molar-refractivity contribution >= 4 is 46.4 Å².